The number of hydrogen-bond donors (Lipinski definition) is 1. The molecule has 0 amide bonds. The molecule has 2 nitrogen and oxygen atoms in total. The molecule has 0 aliphatic rings. The van der Waals surface area contributed by atoms with E-state index in [1.54, 1.807) is 0 Å². The molecule has 2 unspecified atom stereocenters. The molecule has 1 N–H and O–H groups in total. The number of hydrogen-bond acceptors (Lipinski definition) is 2. The Bertz CT molecular complexity index is 173. The third-order valence-electron chi connectivity index (χ3n) is 2.68. The molecular formula is C11H21NO. The van der Waals surface area contributed by atoms with Crippen LogP contribution in [0.5, 0.6) is 0 Å². The van der Waals surface area contributed by atoms with Crippen molar-refractivity contribution in [2.75, 3.05) is 0 Å². The molecule has 0 radical (unpaired) electrons. The van der Waals surface area contributed by atoms with E-state index in [1.807, 2.05) is 20.8 Å². The highest BCUT2D eigenvalue weighted by Crippen LogP contribution is 2.29. The summed E-state index contributed by atoms with van der Waals surface area (Å²) in [4.78, 5) is 0. The van der Waals surface area contributed by atoms with Crippen molar-refractivity contribution in [3.8, 4) is 6.07 Å². The van der Waals surface area contributed by atoms with E-state index in [-0.39, 0.29) is 5.92 Å². The molecule has 0 aromatic heterocycles. The highest BCUT2D eigenvalue weighted by Gasteiger charge is 2.33. The zero-order valence-corrected chi connectivity index (χ0v) is 9.01. The van der Waals surface area contributed by atoms with Crippen LogP contribution in [0.3, 0.4) is 0 Å². The van der Waals surface area contributed by atoms with Gasteiger partial charge in [-0.3, -0.25) is 0 Å². The zero-order chi connectivity index (χ0) is 10.3. The molecule has 0 saturated carbocycles. The molecular weight excluding hydrogens is 162 g/mol. The Morgan fingerprint density at radius 2 is 1.92 bits per heavy atom. The van der Waals surface area contributed by atoms with Crippen molar-refractivity contribution in [2.24, 2.45) is 5.92 Å². The number of nitriles is 1. The van der Waals surface area contributed by atoms with Crippen LogP contribution in [0.4, 0.5) is 0 Å². The van der Waals surface area contributed by atoms with Crippen molar-refractivity contribution >= 4 is 0 Å². The van der Waals surface area contributed by atoms with Gasteiger partial charge in [-0.1, -0.05) is 33.6 Å². The largest absolute Gasteiger partial charge is 0.389 e. The molecule has 0 saturated heterocycles. The van der Waals surface area contributed by atoms with Crippen molar-refractivity contribution in [3.63, 3.8) is 0 Å². The predicted octanol–water partition coefficient (Wildman–Crippen LogP) is 2.87. The second kappa shape index (κ2) is 5.99. The molecule has 0 heterocycles. The maximum Gasteiger partial charge on any atom is 0.0802 e. The van der Waals surface area contributed by atoms with Crippen LogP contribution in [0.15, 0.2) is 0 Å². The molecule has 13 heavy (non-hydrogen) atoms. The SMILES string of the molecule is CCCC(C#N)C(O)(CC)CCC. The summed E-state index contributed by atoms with van der Waals surface area (Å²) >= 11 is 0. The Hall–Kier alpha value is -0.550. The van der Waals surface area contributed by atoms with E-state index in [4.69, 9.17) is 5.26 Å². The van der Waals surface area contributed by atoms with Gasteiger partial charge in [0.15, 0.2) is 0 Å². The predicted molar refractivity (Wildman–Crippen MR) is 54.2 cm³/mol. The lowest BCUT2D eigenvalue weighted by molar-refractivity contribution is -0.0132. The fourth-order valence-corrected chi connectivity index (χ4v) is 1.77. The minimum atomic E-state index is -0.750. The summed E-state index contributed by atoms with van der Waals surface area (Å²) in [5, 5.41) is 19.1. The second-order valence-electron chi connectivity index (χ2n) is 3.68. The third-order valence-corrected chi connectivity index (χ3v) is 2.68. The first kappa shape index (κ1) is 12.4. The minimum Gasteiger partial charge on any atom is -0.389 e. The van der Waals surface area contributed by atoms with Gasteiger partial charge < -0.3 is 5.11 Å². The molecule has 2 atom stereocenters. The van der Waals surface area contributed by atoms with Crippen LogP contribution >= 0.6 is 0 Å². The maximum atomic E-state index is 10.2. The average Bonchev–Trinajstić information content (AvgIpc) is 2.14. The van der Waals surface area contributed by atoms with Crippen LogP contribution in [-0.4, -0.2) is 10.7 Å². The van der Waals surface area contributed by atoms with Crippen molar-refractivity contribution in [2.45, 2.75) is 58.5 Å². The van der Waals surface area contributed by atoms with Crippen molar-refractivity contribution < 1.29 is 5.11 Å². The fourth-order valence-electron chi connectivity index (χ4n) is 1.77. The van der Waals surface area contributed by atoms with Crippen LogP contribution in [0, 0.1) is 17.2 Å². The van der Waals surface area contributed by atoms with Gasteiger partial charge in [0.05, 0.1) is 17.6 Å². The molecule has 0 spiro atoms. The molecule has 0 rings (SSSR count). The van der Waals surface area contributed by atoms with Gasteiger partial charge in [0.1, 0.15) is 0 Å². The van der Waals surface area contributed by atoms with E-state index < -0.39 is 5.60 Å². The van der Waals surface area contributed by atoms with Gasteiger partial charge in [0.2, 0.25) is 0 Å². The first-order valence-electron chi connectivity index (χ1n) is 5.26. The van der Waals surface area contributed by atoms with Crippen LogP contribution in [0.2, 0.25) is 0 Å². The molecule has 0 fully saturated rings. The van der Waals surface area contributed by atoms with Crippen molar-refractivity contribution in [3.05, 3.63) is 0 Å². The standard InChI is InChI=1S/C11H21NO/c1-4-7-10(9-12)11(13,6-3)8-5-2/h10,13H,4-8H2,1-3H3. The maximum absolute atomic E-state index is 10.2. The first-order valence-corrected chi connectivity index (χ1v) is 5.26. The molecule has 0 aliphatic carbocycles. The summed E-state index contributed by atoms with van der Waals surface area (Å²) in [7, 11) is 0. The van der Waals surface area contributed by atoms with Gasteiger partial charge in [0, 0.05) is 0 Å². The first-order chi connectivity index (χ1) is 6.14. The molecule has 0 bridgehead atoms. The molecule has 0 aromatic rings. The van der Waals surface area contributed by atoms with Crippen LogP contribution in [0.1, 0.15) is 52.9 Å². The Morgan fingerprint density at radius 1 is 1.31 bits per heavy atom. The van der Waals surface area contributed by atoms with Crippen LogP contribution < -0.4 is 0 Å². The Kier molecular flexibility index (Phi) is 5.73. The summed E-state index contributed by atoms with van der Waals surface area (Å²) in [5.74, 6) is -0.192. The van der Waals surface area contributed by atoms with E-state index in [2.05, 4.69) is 6.07 Å². The Morgan fingerprint density at radius 3 is 2.23 bits per heavy atom. The van der Waals surface area contributed by atoms with Gasteiger partial charge >= 0.3 is 0 Å². The summed E-state index contributed by atoms with van der Waals surface area (Å²) < 4.78 is 0. The Labute approximate surface area is 81.6 Å². The van der Waals surface area contributed by atoms with E-state index in [1.165, 1.54) is 0 Å². The number of nitrogens with zero attached hydrogens (tertiary/aromatic N) is 1. The van der Waals surface area contributed by atoms with Gasteiger partial charge in [-0.15, -0.1) is 0 Å². The van der Waals surface area contributed by atoms with Crippen molar-refractivity contribution in [1.82, 2.24) is 0 Å². The number of rotatable bonds is 6. The third kappa shape index (κ3) is 3.36. The molecule has 0 aromatic carbocycles. The lowest BCUT2D eigenvalue weighted by Crippen LogP contribution is -2.36. The average molecular weight is 183 g/mol. The van der Waals surface area contributed by atoms with Gasteiger partial charge in [-0.2, -0.15) is 5.26 Å². The monoisotopic (exact) mass is 183 g/mol. The molecule has 2 heteroatoms. The lowest BCUT2D eigenvalue weighted by Gasteiger charge is -2.30. The minimum absolute atomic E-state index is 0.192. The van der Waals surface area contributed by atoms with E-state index in [9.17, 15) is 5.11 Å². The Balaban J connectivity index is 4.41. The summed E-state index contributed by atoms with van der Waals surface area (Å²) in [6.07, 6.45) is 4.12. The highest BCUT2D eigenvalue weighted by molar-refractivity contribution is 4.97. The van der Waals surface area contributed by atoms with Crippen LogP contribution in [-0.2, 0) is 0 Å². The lowest BCUT2D eigenvalue weighted by atomic mass is 9.80. The smallest absolute Gasteiger partial charge is 0.0802 e. The van der Waals surface area contributed by atoms with Crippen molar-refractivity contribution in [1.29, 1.82) is 5.26 Å². The number of aliphatic hydroxyl groups is 1. The van der Waals surface area contributed by atoms with Gasteiger partial charge in [-0.05, 0) is 19.3 Å². The molecule has 0 aliphatic heterocycles. The topological polar surface area (TPSA) is 44.0 Å². The van der Waals surface area contributed by atoms with E-state index in [0.717, 1.165) is 25.7 Å². The van der Waals surface area contributed by atoms with Gasteiger partial charge in [-0.25, -0.2) is 0 Å². The quantitative estimate of drug-likeness (QED) is 0.688. The summed E-state index contributed by atoms with van der Waals surface area (Å²) in [6, 6.07) is 2.23. The summed E-state index contributed by atoms with van der Waals surface area (Å²) in [5.41, 5.74) is -0.750. The highest BCUT2D eigenvalue weighted by atomic mass is 16.3. The summed E-state index contributed by atoms with van der Waals surface area (Å²) in [6.45, 7) is 6.04. The van der Waals surface area contributed by atoms with E-state index >= 15 is 0 Å². The molecule has 76 valence electrons. The van der Waals surface area contributed by atoms with Crippen LogP contribution in [0.25, 0.3) is 0 Å². The second-order valence-corrected chi connectivity index (χ2v) is 3.68. The zero-order valence-electron chi connectivity index (χ0n) is 9.01. The van der Waals surface area contributed by atoms with E-state index in [0.29, 0.717) is 6.42 Å². The fraction of sp³-hybridized carbons (Fsp3) is 0.909. The van der Waals surface area contributed by atoms with Gasteiger partial charge in [0.25, 0.3) is 0 Å². The normalized spacial score (nSPS) is 17.5.